The number of aromatic nitrogens is 2. The number of para-hydroxylation sites is 1. The number of aromatic amines is 1. The number of carbonyl (C=O) groups is 1. The molecule has 0 fully saturated rings. The molecule has 0 bridgehead atoms. The predicted octanol–water partition coefficient (Wildman–Crippen LogP) is 2.80. The Bertz CT molecular complexity index is 1140. The summed E-state index contributed by atoms with van der Waals surface area (Å²) < 4.78 is 42.1. The normalized spacial score (nSPS) is 11.2. The number of rotatable bonds is 5. The summed E-state index contributed by atoms with van der Waals surface area (Å²) in [5.41, 5.74) is 2.21. The van der Waals surface area contributed by atoms with E-state index in [2.05, 4.69) is 9.97 Å². The summed E-state index contributed by atoms with van der Waals surface area (Å²) in [5, 5.41) is 9.21. The molecule has 0 aliphatic carbocycles. The van der Waals surface area contributed by atoms with Gasteiger partial charge in [-0.2, -0.15) is 8.42 Å². The maximum absolute atomic E-state index is 11.2. The van der Waals surface area contributed by atoms with Crippen molar-refractivity contribution >= 4 is 39.6 Å². The Hall–Kier alpha value is -3.41. The van der Waals surface area contributed by atoms with Gasteiger partial charge in [0.2, 0.25) is 0 Å². The maximum atomic E-state index is 11.2. The van der Waals surface area contributed by atoms with Crippen molar-refractivity contribution in [1.29, 1.82) is 0 Å². The van der Waals surface area contributed by atoms with Gasteiger partial charge in [0.25, 0.3) is 0 Å². The number of benzene rings is 2. The minimum Gasteiger partial charge on any atom is -0.493 e. The van der Waals surface area contributed by atoms with Gasteiger partial charge in [-0.25, -0.2) is 9.78 Å². The van der Waals surface area contributed by atoms with Crippen molar-refractivity contribution in [1.82, 2.24) is 9.97 Å². The van der Waals surface area contributed by atoms with Crippen LogP contribution in [0.2, 0.25) is 0 Å². The highest BCUT2D eigenvalue weighted by Crippen LogP contribution is 2.28. The summed E-state index contributed by atoms with van der Waals surface area (Å²) in [5.74, 6) is 0.873. The van der Waals surface area contributed by atoms with E-state index < -0.39 is 16.4 Å². The molecular weight excluding hydrogens is 404 g/mol. The molecule has 0 spiro atoms. The molecule has 154 valence electrons. The lowest BCUT2D eigenvalue weighted by Crippen LogP contribution is -1.96. The quantitative estimate of drug-likeness (QED) is 0.453. The second kappa shape index (κ2) is 9.19. The number of nitrogens with zero attached hydrogens (tertiary/aromatic N) is 1. The fourth-order valence-corrected chi connectivity index (χ4v) is 2.43. The molecule has 0 aliphatic rings. The van der Waals surface area contributed by atoms with Crippen molar-refractivity contribution in [2.45, 2.75) is 0 Å². The van der Waals surface area contributed by atoms with Crippen molar-refractivity contribution in [2.75, 3.05) is 14.2 Å². The summed E-state index contributed by atoms with van der Waals surface area (Å²) >= 11 is 0. The van der Waals surface area contributed by atoms with Crippen LogP contribution in [-0.4, -0.2) is 52.8 Å². The second-order valence-electron chi connectivity index (χ2n) is 5.52. The van der Waals surface area contributed by atoms with Crippen molar-refractivity contribution in [3.8, 4) is 11.5 Å². The van der Waals surface area contributed by atoms with E-state index in [0.717, 1.165) is 5.56 Å². The highest BCUT2D eigenvalue weighted by molar-refractivity contribution is 7.79. The molecule has 3 aromatic rings. The van der Waals surface area contributed by atoms with Gasteiger partial charge in [-0.1, -0.05) is 18.2 Å². The number of fused-ring (bicyclic) bond motifs is 1. The Morgan fingerprint density at radius 2 is 1.72 bits per heavy atom. The van der Waals surface area contributed by atoms with Crippen LogP contribution in [0.1, 0.15) is 21.7 Å². The number of methoxy groups -OCH3 is 2. The van der Waals surface area contributed by atoms with Crippen LogP contribution in [-0.2, 0) is 10.4 Å². The van der Waals surface area contributed by atoms with Gasteiger partial charge < -0.3 is 19.6 Å². The minimum absolute atomic E-state index is 0.175. The molecule has 10 nitrogen and oxygen atoms in total. The average molecular weight is 422 g/mol. The van der Waals surface area contributed by atoms with Crippen molar-refractivity contribution < 1.29 is 36.9 Å². The maximum Gasteiger partial charge on any atom is 0.394 e. The van der Waals surface area contributed by atoms with Crippen molar-refractivity contribution in [3.63, 3.8) is 0 Å². The molecule has 0 radical (unpaired) electrons. The Kier molecular flexibility index (Phi) is 6.93. The second-order valence-corrected chi connectivity index (χ2v) is 6.42. The summed E-state index contributed by atoms with van der Waals surface area (Å²) in [6, 6.07) is 10.6. The van der Waals surface area contributed by atoms with Gasteiger partial charge in [-0.3, -0.25) is 9.11 Å². The molecule has 29 heavy (non-hydrogen) atoms. The topological polar surface area (TPSA) is 159 Å². The number of ether oxygens (including phenoxy) is 2. The largest absolute Gasteiger partial charge is 0.493 e. The van der Waals surface area contributed by atoms with Crippen LogP contribution in [0.3, 0.4) is 0 Å². The number of nitrogens with one attached hydrogen (secondary N) is 1. The summed E-state index contributed by atoms with van der Waals surface area (Å²) in [6.45, 7) is 0. The van der Waals surface area contributed by atoms with E-state index in [1.165, 1.54) is 6.07 Å². The molecule has 4 N–H and O–H groups in total. The number of H-pyrrole nitrogens is 1. The number of carboxylic acids is 1. The van der Waals surface area contributed by atoms with E-state index >= 15 is 0 Å². The number of imidazole rings is 1. The zero-order valence-corrected chi connectivity index (χ0v) is 16.2. The average Bonchev–Trinajstić information content (AvgIpc) is 3.07. The highest BCUT2D eigenvalue weighted by Gasteiger charge is 2.11. The zero-order chi connectivity index (χ0) is 21.6. The molecule has 0 unspecified atom stereocenters. The first-order valence-electron chi connectivity index (χ1n) is 7.94. The molecule has 1 heterocycles. The SMILES string of the molecule is COc1ccc(/C=C/c2nc3c(C(=O)O)cccc3[nH]2)cc1OC.O=S(=O)(O)O. The lowest BCUT2D eigenvalue weighted by atomic mass is 10.2. The Labute approximate surface area is 166 Å². The smallest absolute Gasteiger partial charge is 0.394 e. The number of hydrogen-bond donors (Lipinski definition) is 4. The molecule has 0 atom stereocenters. The van der Waals surface area contributed by atoms with Crippen molar-refractivity contribution in [3.05, 3.63) is 53.3 Å². The monoisotopic (exact) mass is 422 g/mol. The Morgan fingerprint density at radius 1 is 1.07 bits per heavy atom. The lowest BCUT2D eigenvalue weighted by Gasteiger charge is -2.07. The molecule has 0 saturated carbocycles. The van der Waals surface area contributed by atoms with Crippen LogP contribution < -0.4 is 9.47 Å². The van der Waals surface area contributed by atoms with E-state index in [1.807, 2.05) is 24.3 Å². The molecule has 0 saturated heterocycles. The number of hydrogen-bond acceptors (Lipinski definition) is 6. The molecule has 0 aliphatic heterocycles. The van der Waals surface area contributed by atoms with Gasteiger partial charge in [0.05, 0.1) is 25.3 Å². The van der Waals surface area contributed by atoms with Crippen LogP contribution in [0.15, 0.2) is 36.4 Å². The Morgan fingerprint density at radius 3 is 2.31 bits per heavy atom. The predicted molar refractivity (Wildman–Crippen MR) is 106 cm³/mol. The highest BCUT2D eigenvalue weighted by atomic mass is 32.3. The number of carboxylic acid groups (broad SMARTS) is 1. The van der Waals surface area contributed by atoms with Crippen LogP contribution in [0.25, 0.3) is 23.2 Å². The van der Waals surface area contributed by atoms with E-state index in [9.17, 15) is 9.90 Å². The summed E-state index contributed by atoms with van der Waals surface area (Å²) in [7, 11) is -1.50. The van der Waals surface area contributed by atoms with Gasteiger partial charge in [-0.05, 0) is 35.9 Å². The van der Waals surface area contributed by atoms with E-state index in [-0.39, 0.29) is 5.56 Å². The van der Waals surface area contributed by atoms with Gasteiger partial charge in [0.1, 0.15) is 11.3 Å². The molecule has 1 aromatic heterocycles. The Balaban J connectivity index is 0.000000537. The number of aromatic carboxylic acids is 1. The molecule has 2 aromatic carbocycles. The van der Waals surface area contributed by atoms with Gasteiger partial charge in [0.15, 0.2) is 11.5 Å². The first-order chi connectivity index (χ1) is 13.6. The molecular formula is C18H18N2O8S. The minimum atomic E-state index is -4.67. The van der Waals surface area contributed by atoms with E-state index in [1.54, 1.807) is 32.4 Å². The van der Waals surface area contributed by atoms with E-state index in [0.29, 0.717) is 28.4 Å². The van der Waals surface area contributed by atoms with Crippen LogP contribution in [0.4, 0.5) is 0 Å². The van der Waals surface area contributed by atoms with Gasteiger partial charge in [0, 0.05) is 0 Å². The fraction of sp³-hybridized carbons (Fsp3) is 0.111. The molecule has 0 amide bonds. The third kappa shape index (κ3) is 6.31. The van der Waals surface area contributed by atoms with Crippen LogP contribution >= 0.6 is 0 Å². The fourth-order valence-electron chi connectivity index (χ4n) is 2.43. The molecule has 3 rings (SSSR count). The summed E-state index contributed by atoms with van der Waals surface area (Å²) in [4.78, 5) is 18.7. The van der Waals surface area contributed by atoms with E-state index in [4.69, 9.17) is 27.0 Å². The zero-order valence-electron chi connectivity index (χ0n) is 15.4. The standard InChI is InChI=1S/C18H16N2O4.H2O4S/c1-23-14-8-6-11(10-15(14)24-2)7-9-16-19-13-5-3-4-12(18(21)22)17(13)20-16;1-5(2,3)4/h3-10H,1-2H3,(H,19,20)(H,21,22);(H2,1,2,3,4)/b9-7+;. The lowest BCUT2D eigenvalue weighted by molar-refractivity contribution is 0.0698. The third-order valence-electron chi connectivity index (χ3n) is 3.60. The van der Waals surface area contributed by atoms with Gasteiger partial charge >= 0.3 is 16.4 Å². The van der Waals surface area contributed by atoms with Crippen molar-refractivity contribution in [2.24, 2.45) is 0 Å². The first-order valence-corrected chi connectivity index (χ1v) is 9.34. The first kappa shape index (κ1) is 21.9. The summed E-state index contributed by atoms with van der Waals surface area (Å²) in [6.07, 6.45) is 3.65. The van der Waals surface area contributed by atoms with Crippen LogP contribution in [0.5, 0.6) is 11.5 Å². The van der Waals surface area contributed by atoms with Gasteiger partial charge in [-0.15, -0.1) is 0 Å². The van der Waals surface area contributed by atoms with Crippen LogP contribution in [0, 0.1) is 0 Å². The molecule has 11 heteroatoms. The third-order valence-corrected chi connectivity index (χ3v) is 3.60.